The maximum Gasteiger partial charge on any atom is 0.347 e. The summed E-state index contributed by atoms with van der Waals surface area (Å²) < 4.78 is 18.3. The summed E-state index contributed by atoms with van der Waals surface area (Å²) in [6.45, 7) is -2.65. The summed E-state index contributed by atoms with van der Waals surface area (Å²) in [6.07, 6.45) is 1.55. The molecule has 3 aromatic rings. The van der Waals surface area contributed by atoms with Gasteiger partial charge in [-0.25, -0.2) is 4.79 Å². The molecule has 0 bridgehead atoms. The summed E-state index contributed by atoms with van der Waals surface area (Å²) in [4.78, 5) is 12.9. The number of carbonyl (C=O) groups excluding carboxylic acids is 1. The summed E-state index contributed by atoms with van der Waals surface area (Å²) in [5.74, 6) is -0.527. The van der Waals surface area contributed by atoms with Crippen LogP contribution in [-0.2, 0) is 20.3 Å². The van der Waals surface area contributed by atoms with E-state index in [1.807, 2.05) is 91.0 Å². The molecule has 0 spiro atoms. The molecule has 0 amide bonds. The van der Waals surface area contributed by atoms with Crippen molar-refractivity contribution in [1.29, 1.82) is 0 Å². The summed E-state index contributed by atoms with van der Waals surface area (Å²) in [5, 5.41) is 2.91. The fourth-order valence-electron chi connectivity index (χ4n) is 3.29. The second-order valence-electron chi connectivity index (χ2n) is 5.93. The first-order valence-corrected chi connectivity index (χ1v) is 11.8. The van der Waals surface area contributed by atoms with Crippen molar-refractivity contribution in [3.63, 3.8) is 0 Å². The number of hydrogen-bond acceptors (Lipinski definition) is 3. The second-order valence-corrected chi connectivity index (χ2v) is 10.9. The van der Waals surface area contributed by atoms with Crippen molar-refractivity contribution in [3.8, 4) is 0 Å². The molecular weight excluding hydrogens is 375 g/mol. The summed E-state index contributed by atoms with van der Waals surface area (Å²) in [7, 11) is -0.175. The molecule has 3 rings (SSSR count). The second kappa shape index (κ2) is 8.51. The molecule has 3 nitrogen and oxygen atoms in total. The molecule has 1 atom stereocenters. The Bertz CT molecular complexity index is 896. The Morgan fingerprint density at radius 3 is 1.33 bits per heavy atom. The fourth-order valence-corrected chi connectivity index (χ4v) is 9.92. The topological polar surface area (TPSA) is 43.4 Å². The highest BCUT2D eigenvalue weighted by molar-refractivity contribution is 8.18. The van der Waals surface area contributed by atoms with Crippen LogP contribution in [0.1, 0.15) is 0 Å². The van der Waals surface area contributed by atoms with Crippen LogP contribution in [0.5, 0.6) is 0 Å². The highest BCUT2D eigenvalue weighted by atomic mass is 32.2. The van der Waals surface area contributed by atoms with Gasteiger partial charge in [0.2, 0.25) is 0 Å². The van der Waals surface area contributed by atoms with Gasteiger partial charge in [0.05, 0.1) is 17.9 Å². The van der Waals surface area contributed by atoms with Crippen molar-refractivity contribution in [2.75, 3.05) is 13.4 Å². The first kappa shape index (κ1) is 19.3. The van der Waals surface area contributed by atoms with E-state index in [1.165, 1.54) is 7.11 Å². The van der Waals surface area contributed by atoms with Gasteiger partial charge in [0, 0.05) is 13.1 Å². The van der Waals surface area contributed by atoms with Gasteiger partial charge in [-0.3, -0.25) is 4.21 Å². The third kappa shape index (κ3) is 3.55. The standard InChI is InChI=1S/C22H21O3PS/c1-25-21(23)22(27(2)24)26(18-12-6-3-7-13-18,19-14-8-4-9-15-19)20-16-10-5-11-17-20/h3-17H,1-2H3. The Hall–Kier alpha value is -2.42. The minimum Gasteiger partial charge on any atom is -0.465 e. The monoisotopic (exact) mass is 396 g/mol. The summed E-state index contributed by atoms with van der Waals surface area (Å²) in [5.41, 5.74) is 0. The number of rotatable bonds is 5. The van der Waals surface area contributed by atoms with Gasteiger partial charge in [-0.15, -0.1) is 0 Å². The van der Waals surface area contributed by atoms with E-state index in [0.717, 1.165) is 15.9 Å². The Kier molecular flexibility index (Phi) is 6.10. The van der Waals surface area contributed by atoms with Crippen LogP contribution in [0.4, 0.5) is 0 Å². The third-order valence-corrected chi connectivity index (χ3v) is 10.7. The molecule has 138 valence electrons. The third-order valence-electron chi connectivity index (χ3n) is 4.37. The van der Waals surface area contributed by atoms with Crippen LogP contribution in [0.3, 0.4) is 0 Å². The normalized spacial score (nSPS) is 12.2. The molecule has 0 aliphatic heterocycles. The number of hydrogen-bond donors (Lipinski definition) is 0. The van der Waals surface area contributed by atoms with Crippen molar-refractivity contribution in [1.82, 2.24) is 0 Å². The molecule has 0 aliphatic rings. The number of ether oxygens (including phenoxy) is 1. The van der Waals surface area contributed by atoms with Crippen molar-refractivity contribution >= 4 is 44.2 Å². The predicted octanol–water partition coefficient (Wildman–Crippen LogP) is 2.66. The van der Waals surface area contributed by atoms with Crippen molar-refractivity contribution in [3.05, 3.63) is 91.0 Å². The van der Waals surface area contributed by atoms with E-state index >= 15 is 0 Å². The maximum atomic E-state index is 12.9. The quantitative estimate of drug-likeness (QED) is 0.492. The zero-order valence-electron chi connectivity index (χ0n) is 15.2. The highest BCUT2D eigenvalue weighted by Crippen LogP contribution is 2.46. The van der Waals surface area contributed by atoms with Gasteiger partial charge >= 0.3 is 5.97 Å². The fraction of sp³-hybridized carbons (Fsp3) is 0.0909. The van der Waals surface area contributed by atoms with E-state index in [4.69, 9.17) is 4.74 Å². The van der Waals surface area contributed by atoms with Crippen LogP contribution < -0.4 is 15.9 Å². The average Bonchev–Trinajstić information content (AvgIpc) is 2.73. The molecule has 0 saturated carbocycles. The van der Waals surface area contributed by atoms with Crippen molar-refractivity contribution in [2.24, 2.45) is 0 Å². The van der Waals surface area contributed by atoms with E-state index in [2.05, 4.69) is 0 Å². The van der Waals surface area contributed by atoms with E-state index in [9.17, 15) is 9.00 Å². The SMILES string of the molecule is COC(=O)C(S(C)=O)=P(c1ccccc1)(c1ccccc1)c1ccccc1. The van der Waals surface area contributed by atoms with Crippen molar-refractivity contribution in [2.45, 2.75) is 0 Å². The molecule has 1 unspecified atom stereocenters. The van der Waals surface area contributed by atoms with Gasteiger partial charge in [0.15, 0.2) is 0 Å². The zero-order valence-corrected chi connectivity index (χ0v) is 17.0. The molecule has 27 heavy (non-hydrogen) atoms. The smallest absolute Gasteiger partial charge is 0.347 e. The van der Waals surface area contributed by atoms with Gasteiger partial charge in [0.25, 0.3) is 0 Å². The number of methoxy groups -OCH3 is 1. The molecule has 0 fully saturated rings. The lowest BCUT2D eigenvalue weighted by atomic mass is 10.4. The first-order chi connectivity index (χ1) is 13.1. The lowest BCUT2D eigenvalue weighted by Crippen LogP contribution is -2.35. The molecule has 3 aromatic carbocycles. The minimum atomic E-state index is -2.65. The number of carbonyl (C=O) groups is 1. The largest absolute Gasteiger partial charge is 0.465 e. The Morgan fingerprint density at radius 2 is 1.07 bits per heavy atom. The first-order valence-electron chi connectivity index (χ1n) is 8.47. The molecule has 0 N–H and O–H groups in total. The van der Waals surface area contributed by atoms with Crippen LogP contribution in [0.15, 0.2) is 91.0 Å². The Balaban J connectivity index is 2.63. The van der Waals surface area contributed by atoms with Gasteiger partial charge in [0.1, 0.15) is 4.63 Å². The van der Waals surface area contributed by atoms with E-state index < -0.39 is 23.7 Å². The molecule has 0 aliphatic carbocycles. The van der Waals surface area contributed by atoms with E-state index in [1.54, 1.807) is 6.26 Å². The predicted molar refractivity (Wildman–Crippen MR) is 116 cm³/mol. The molecular formula is C22H21O3PS. The lowest BCUT2D eigenvalue weighted by molar-refractivity contribution is -0.132. The Morgan fingerprint density at radius 1 is 0.741 bits per heavy atom. The van der Waals surface area contributed by atoms with E-state index in [-0.39, 0.29) is 0 Å². The van der Waals surface area contributed by atoms with Crippen LogP contribution in [0.2, 0.25) is 0 Å². The van der Waals surface area contributed by atoms with Gasteiger partial charge in [-0.05, 0) is 15.9 Å². The Labute approximate surface area is 162 Å². The van der Waals surface area contributed by atoms with Crippen LogP contribution in [-0.4, -0.2) is 28.2 Å². The van der Waals surface area contributed by atoms with Gasteiger partial charge in [-0.1, -0.05) is 91.0 Å². The van der Waals surface area contributed by atoms with Crippen LogP contribution >= 0.6 is 6.89 Å². The molecule has 0 radical (unpaired) electrons. The molecule has 5 heteroatoms. The average molecular weight is 396 g/mol. The van der Waals surface area contributed by atoms with Crippen molar-refractivity contribution < 1.29 is 13.7 Å². The summed E-state index contributed by atoms with van der Waals surface area (Å²) >= 11 is 0. The highest BCUT2D eigenvalue weighted by Gasteiger charge is 2.35. The molecule has 0 saturated heterocycles. The molecule has 0 aromatic heterocycles. The minimum absolute atomic E-state index is 0.314. The van der Waals surface area contributed by atoms with Crippen LogP contribution in [0.25, 0.3) is 0 Å². The number of benzene rings is 3. The van der Waals surface area contributed by atoms with Crippen LogP contribution in [0, 0.1) is 0 Å². The van der Waals surface area contributed by atoms with E-state index in [0.29, 0.717) is 4.63 Å². The summed E-state index contributed by atoms with van der Waals surface area (Å²) in [6, 6.07) is 29.5. The number of esters is 1. The van der Waals surface area contributed by atoms with Gasteiger partial charge < -0.3 is 4.74 Å². The lowest BCUT2D eigenvalue weighted by Gasteiger charge is -2.30. The maximum absolute atomic E-state index is 12.9. The molecule has 0 heterocycles. The zero-order chi connectivity index (χ0) is 19.3. The van der Waals surface area contributed by atoms with Gasteiger partial charge in [-0.2, -0.15) is 0 Å².